The van der Waals surface area contributed by atoms with Crippen LogP contribution in [-0.2, 0) is 30.7 Å². The Hall–Kier alpha value is -1.71. The van der Waals surface area contributed by atoms with E-state index in [2.05, 4.69) is 9.97 Å². The third kappa shape index (κ3) is 3.87. The lowest BCUT2D eigenvalue weighted by atomic mass is 10.2. The van der Waals surface area contributed by atoms with E-state index in [1.165, 1.54) is 18.2 Å². The molecule has 1 aliphatic heterocycles. The van der Waals surface area contributed by atoms with Crippen LogP contribution in [0.2, 0.25) is 5.28 Å². The lowest BCUT2D eigenvalue weighted by Crippen LogP contribution is -2.44. The van der Waals surface area contributed by atoms with Crippen molar-refractivity contribution in [2.24, 2.45) is 0 Å². The molecule has 2 unspecified atom stereocenters. The summed E-state index contributed by atoms with van der Waals surface area (Å²) in [5.74, 6) is 0.578. The topological polar surface area (TPSA) is 55.3 Å². The molecule has 0 radical (unpaired) electrons. The van der Waals surface area contributed by atoms with Crippen molar-refractivity contribution in [2.75, 3.05) is 24.7 Å². The minimum Gasteiger partial charge on any atom is -0.377 e. The van der Waals surface area contributed by atoms with Crippen LogP contribution < -0.4 is 4.90 Å². The number of anilines is 1. The van der Waals surface area contributed by atoms with E-state index >= 15 is 0 Å². The normalized spacial score (nSPS) is 22.4. The van der Waals surface area contributed by atoms with Gasteiger partial charge in [-0.05, 0) is 30.7 Å². The van der Waals surface area contributed by atoms with Crippen LogP contribution in [0, 0.1) is 0 Å². The Morgan fingerprint density at radius 2 is 2.00 bits per heavy atom. The number of hydrogen-bond donors (Lipinski definition) is 0. The van der Waals surface area contributed by atoms with Crippen LogP contribution in [-0.4, -0.2) is 35.8 Å². The van der Waals surface area contributed by atoms with Gasteiger partial charge >= 0.3 is 6.18 Å². The van der Waals surface area contributed by atoms with Gasteiger partial charge in [-0.2, -0.15) is 13.2 Å². The Kier molecular flexibility index (Phi) is 5.33. The van der Waals surface area contributed by atoms with Gasteiger partial charge in [-0.3, -0.25) is 0 Å². The Bertz CT molecular complexity index is 953. The van der Waals surface area contributed by atoms with Crippen molar-refractivity contribution >= 4 is 28.2 Å². The number of ether oxygens (including phenoxy) is 1. The number of morpholine rings is 1. The lowest BCUT2D eigenvalue weighted by molar-refractivity contribution is -0.139. The van der Waals surface area contributed by atoms with Crippen molar-refractivity contribution in [1.29, 1.82) is 0 Å². The maximum Gasteiger partial charge on any atom is 0.421 e. The summed E-state index contributed by atoms with van der Waals surface area (Å²) in [4.78, 5) is 10.4. The minimum atomic E-state index is -4.57. The van der Waals surface area contributed by atoms with E-state index in [0.717, 1.165) is 6.07 Å². The van der Waals surface area contributed by atoms with Gasteiger partial charge < -0.3 is 9.64 Å². The summed E-state index contributed by atoms with van der Waals surface area (Å²) in [5.41, 5.74) is -0.432. The quantitative estimate of drug-likeness (QED) is 0.402. The predicted octanol–water partition coefficient (Wildman–Crippen LogP) is 4.12. The highest BCUT2D eigenvalue weighted by molar-refractivity contribution is 7.86. The maximum atomic E-state index is 13.4. The van der Waals surface area contributed by atoms with Crippen molar-refractivity contribution in [3.63, 3.8) is 0 Å². The first kappa shape index (κ1) is 20.6. The monoisotopic (exact) mass is 446 g/mol. The Balaban J connectivity index is 1.73. The molecule has 2 heterocycles. The average Bonchev–Trinajstić information content (AvgIpc) is 3.49. The lowest BCUT2D eigenvalue weighted by Gasteiger charge is -2.34. The SMILES string of the molecule is CC1COCCN1c1cc(C2([SH+](=O)c3ccccc3C(F)(F)F)CC2)nc(Cl)n1. The summed E-state index contributed by atoms with van der Waals surface area (Å²) in [6.45, 7) is 3.68. The fourth-order valence-electron chi connectivity index (χ4n) is 3.66. The van der Waals surface area contributed by atoms with E-state index in [9.17, 15) is 17.4 Å². The van der Waals surface area contributed by atoms with Crippen LogP contribution in [0.3, 0.4) is 0 Å². The molecular formula is C19H20ClF3N3O2S+. The Morgan fingerprint density at radius 3 is 2.66 bits per heavy atom. The highest BCUT2D eigenvalue weighted by atomic mass is 35.5. The Labute approximate surface area is 173 Å². The van der Waals surface area contributed by atoms with Gasteiger partial charge in [-0.1, -0.05) is 12.1 Å². The maximum absolute atomic E-state index is 13.4. The van der Waals surface area contributed by atoms with Crippen LogP contribution in [0.25, 0.3) is 0 Å². The van der Waals surface area contributed by atoms with Crippen LogP contribution in [0.1, 0.15) is 31.0 Å². The van der Waals surface area contributed by atoms with Crippen LogP contribution in [0.4, 0.5) is 19.0 Å². The van der Waals surface area contributed by atoms with Gasteiger partial charge in [0, 0.05) is 25.5 Å². The first-order valence-corrected chi connectivity index (χ1v) is 10.9. The zero-order valence-electron chi connectivity index (χ0n) is 15.6. The largest absolute Gasteiger partial charge is 0.421 e. The molecule has 0 spiro atoms. The summed E-state index contributed by atoms with van der Waals surface area (Å²) >= 11 is 6.15. The highest BCUT2D eigenvalue weighted by Gasteiger charge is 2.59. The van der Waals surface area contributed by atoms with E-state index in [0.29, 0.717) is 44.1 Å². The second-order valence-electron chi connectivity index (χ2n) is 7.34. The number of hydrogen-bond acceptors (Lipinski definition) is 5. The molecule has 0 amide bonds. The first-order chi connectivity index (χ1) is 13.7. The summed E-state index contributed by atoms with van der Waals surface area (Å²) < 4.78 is 58.2. The van der Waals surface area contributed by atoms with Crippen molar-refractivity contribution < 1.29 is 22.1 Å². The third-order valence-electron chi connectivity index (χ3n) is 5.36. The molecule has 2 aromatic rings. The number of alkyl halides is 3. The van der Waals surface area contributed by atoms with Crippen molar-refractivity contribution in [3.8, 4) is 0 Å². The van der Waals surface area contributed by atoms with E-state index < -0.39 is 27.3 Å². The fraction of sp³-hybridized carbons (Fsp3) is 0.474. The van der Waals surface area contributed by atoms with E-state index in [-0.39, 0.29) is 16.2 Å². The summed E-state index contributed by atoms with van der Waals surface area (Å²) in [5, 5.41) is -0.00465. The average molecular weight is 447 g/mol. The Morgan fingerprint density at radius 1 is 1.28 bits per heavy atom. The molecule has 1 aliphatic carbocycles. The van der Waals surface area contributed by atoms with Crippen LogP contribution in [0.5, 0.6) is 0 Å². The van der Waals surface area contributed by atoms with Gasteiger partial charge in [0.15, 0.2) is 9.64 Å². The number of nitrogens with zero attached hydrogens (tertiary/aromatic N) is 3. The molecular weight excluding hydrogens is 427 g/mol. The molecule has 5 nitrogen and oxygen atoms in total. The molecule has 2 aliphatic rings. The molecule has 1 saturated carbocycles. The van der Waals surface area contributed by atoms with Crippen molar-refractivity contribution in [2.45, 2.75) is 41.6 Å². The highest BCUT2D eigenvalue weighted by Crippen LogP contribution is 2.54. The van der Waals surface area contributed by atoms with E-state index in [1.807, 2.05) is 11.8 Å². The third-order valence-corrected chi connectivity index (χ3v) is 7.82. The second-order valence-corrected chi connectivity index (χ2v) is 9.60. The molecule has 1 aromatic heterocycles. The van der Waals surface area contributed by atoms with Gasteiger partial charge in [-0.15, -0.1) is 4.21 Å². The van der Waals surface area contributed by atoms with Gasteiger partial charge in [0.05, 0.1) is 19.3 Å². The molecule has 2 fully saturated rings. The smallest absolute Gasteiger partial charge is 0.377 e. The molecule has 4 rings (SSSR count). The summed E-state index contributed by atoms with van der Waals surface area (Å²) in [7, 11) is -2.38. The van der Waals surface area contributed by atoms with Crippen LogP contribution in [0.15, 0.2) is 35.2 Å². The first-order valence-electron chi connectivity index (χ1n) is 9.25. The number of halogens is 4. The molecule has 2 atom stereocenters. The zero-order chi connectivity index (χ0) is 20.8. The number of aromatic nitrogens is 2. The molecule has 10 heteroatoms. The van der Waals surface area contributed by atoms with E-state index in [1.54, 1.807) is 6.07 Å². The molecule has 29 heavy (non-hydrogen) atoms. The summed E-state index contributed by atoms with van der Waals surface area (Å²) in [6, 6.07) is 6.81. The molecule has 0 bridgehead atoms. The summed E-state index contributed by atoms with van der Waals surface area (Å²) in [6.07, 6.45) is -3.60. The molecule has 1 aromatic carbocycles. The number of benzene rings is 1. The van der Waals surface area contributed by atoms with Gasteiger partial charge in [0.1, 0.15) is 27.9 Å². The molecule has 1 saturated heterocycles. The van der Waals surface area contributed by atoms with Crippen molar-refractivity contribution in [1.82, 2.24) is 9.97 Å². The minimum absolute atomic E-state index is 0.00465. The fourth-order valence-corrected chi connectivity index (χ4v) is 5.78. The van der Waals surface area contributed by atoms with Crippen molar-refractivity contribution in [3.05, 3.63) is 46.9 Å². The van der Waals surface area contributed by atoms with E-state index in [4.69, 9.17) is 16.3 Å². The van der Waals surface area contributed by atoms with Crippen LogP contribution >= 0.6 is 11.6 Å². The second kappa shape index (κ2) is 7.52. The number of rotatable bonds is 4. The zero-order valence-corrected chi connectivity index (χ0v) is 17.3. The molecule has 156 valence electrons. The van der Waals surface area contributed by atoms with Gasteiger partial charge in [0.2, 0.25) is 5.28 Å². The van der Waals surface area contributed by atoms with Gasteiger partial charge in [0.25, 0.3) is 0 Å². The number of thiol groups is 1. The predicted molar refractivity (Wildman–Crippen MR) is 105 cm³/mol. The van der Waals surface area contributed by atoms with Gasteiger partial charge in [-0.25, -0.2) is 9.97 Å². The molecule has 0 N–H and O–H groups in total. The standard InChI is InChI=1S/C19H19ClF3N3O2S/c1-12-11-28-9-8-26(12)16-10-15(24-17(20)25-16)18(6-7-18)29(27)14-5-3-2-4-13(14)19(21,22)23/h2-5,10,12H,6-9,11H2,1H3/p+1.